The molecule has 1 aliphatic rings. The molecule has 0 bridgehead atoms. The summed E-state index contributed by atoms with van der Waals surface area (Å²) in [5.74, 6) is 0.552. The highest BCUT2D eigenvalue weighted by Crippen LogP contribution is 2.32. The molecule has 0 saturated heterocycles. The number of hydrogen-bond donors (Lipinski definition) is 2. The maximum atomic E-state index is 12.3. The highest BCUT2D eigenvalue weighted by atomic mass is 35.5. The summed E-state index contributed by atoms with van der Waals surface area (Å²) in [6.45, 7) is 2.59. The van der Waals surface area contributed by atoms with E-state index in [9.17, 15) is 9.59 Å². The van der Waals surface area contributed by atoms with Gasteiger partial charge in [0.1, 0.15) is 19.3 Å². The third-order valence-corrected chi connectivity index (χ3v) is 3.91. The van der Waals surface area contributed by atoms with Gasteiger partial charge < -0.3 is 20.1 Å². The van der Waals surface area contributed by atoms with Gasteiger partial charge in [-0.25, -0.2) is 0 Å². The standard InChI is InChI=1S/C18H17ClN2O4/c1-11(20-18(23)12-2-4-13(19)5-3-12)17(22)21-14-6-7-15-16(10-14)25-9-8-24-15/h2-7,10-11H,8-9H2,1H3,(H,20,23)(H,21,22). The lowest BCUT2D eigenvalue weighted by Crippen LogP contribution is -2.41. The average molecular weight is 361 g/mol. The predicted molar refractivity (Wildman–Crippen MR) is 94.4 cm³/mol. The summed E-state index contributed by atoms with van der Waals surface area (Å²) in [4.78, 5) is 24.4. The molecule has 0 fully saturated rings. The molecule has 1 heterocycles. The second-order valence-corrected chi connectivity index (χ2v) is 5.99. The fraction of sp³-hybridized carbons (Fsp3) is 0.222. The monoisotopic (exact) mass is 360 g/mol. The van der Waals surface area contributed by atoms with Gasteiger partial charge in [-0.2, -0.15) is 0 Å². The highest BCUT2D eigenvalue weighted by Gasteiger charge is 2.18. The number of anilines is 1. The molecule has 0 aliphatic carbocycles. The van der Waals surface area contributed by atoms with Gasteiger partial charge in [-0.05, 0) is 43.3 Å². The number of carbonyl (C=O) groups is 2. The zero-order chi connectivity index (χ0) is 17.8. The lowest BCUT2D eigenvalue weighted by molar-refractivity contribution is -0.117. The Morgan fingerprint density at radius 3 is 2.44 bits per heavy atom. The molecular formula is C18H17ClN2O4. The molecule has 0 radical (unpaired) electrons. The summed E-state index contributed by atoms with van der Waals surface area (Å²) in [5, 5.41) is 5.94. The van der Waals surface area contributed by atoms with Crippen molar-refractivity contribution in [3.8, 4) is 11.5 Å². The number of carbonyl (C=O) groups excluding carboxylic acids is 2. The molecule has 130 valence electrons. The van der Waals surface area contributed by atoms with Crippen LogP contribution in [-0.2, 0) is 4.79 Å². The summed E-state index contributed by atoms with van der Waals surface area (Å²) in [7, 11) is 0. The second kappa shape index (κ2) is 7.44. The van der Waals surface area contributed by atoms with Gasteiger partial charge in [0.05, 0.1) is 0 Å². The first-order valence-electron chi connectivity index (χ1n) is 7.80. The molecule has 1 unspecified atom stereocenters. The van der Waals surface area contributed by atoms with Crippen molar-refractivity contribution in [1.82, 2.24) is 5.32 Å². The Morgan fingerprint density at radius 1 is 1.04 bits per heavy atom. The Labute approximate surface area is 150 Å². The van der Waals surface area contributed by atoms with E-state index in [4.69, 9.17) is 21.1 Å². The molecule has 1 aliphatic heterocycles. The number of amides is 2. The molecule has 6 nitrogen and oxygen atoms in total. The van der Waals surface area contributed by atoms with Crippen molar-refractivity contribution in [2.45, 2.75) is 13.0 Å². The fourth-order valence-electron chi connectivity index (χ4n) is 2.32. The van der Waals surface area contributed by atoms with Gasteiger partial charge in [-0.1, -0.05) is 11.6 Å². The van der Waals surface area contributed by atoms with Crippen LogP contribution in [0.4, 0.5) is 5.69 Å². The number of fused-ring (bicyclic) bond motifs is 1. The molecule has 2 aromatic rings. The van der Waals surface area contributed by atoms with Crippen LogP contribution in [0.5, 0.6) is 11.5 Å². The van der Waals surface area contributed by atoms with Gasteiger partial charge in [0.15, 0.2) is 11.5 Å². The van der Waals surface area contributed by atoms with E-state index in [0.717, 1.165) is 0 Å². The summed E-state index contributed by atoms with van der Waals surface area (Å²) in [5.41, 5.74) is 1.00. The van der Waals surface area contributed by atoms with Crippen LogP contribution in [0.15, 0.2) is 42.5 Å². The van der Waals surface area contributed by atoms with Crippen molar-refractivity contribution >= 4 is 29.1 Å². The molecule has 3 rings (SSSR count). The lowest BCUT2D eigenvalue weighted by Gasteiger charge is -2.19. The number of benzene rings is 2. The predicted octanol–water partition coefficient (Wildman–Crippen LogP) is 2.87. The Morgan fingerprint density at radius 2 is 1.72 bits per heavy atom. The summed E-state index contributed by atoms with van der Waals surface area (Å²) in [6.07, 6.45) is 0. The van der Waals surface area contributed by atoms with Crippen LogP contribution in [0.25, 0.3) is 0 Å². The topological polar surface area (TPSA) is 76.7 Å². The maximum absolute atomic E-state index is 12.3. The van der Waals surface area contributed by atoms with E-state index in [1.165, 1.54) is 0 Å². The second-order valence-electron chi connectivity index (χ2n) is 5.55. The van der Waals surface area contributed by atoms with Crippen molar-refractivity contribution < 1.29 is 19.1 Å². The molecule has 2 amide bonds. The van der Waals surface area contributed by atoms with E-state index in [1.54, 1.807) is 49.4 Å². The Balaban J connectivity index is 1.60. The number of rotatable bonds is 4. The molecule has 2 aromatic carbocycles. The Hall–Kier alpha value is -2.73. The quantitative estimate of drug-likeness (QED) is 0.879. The summed E-state index contributed by atoms with van der Waals surface area (Å²) >= 11 is 5.80. The van der Waals surface area contributed by atoms with Crippen molar-refractivity contribution in [2.24, 2.45) is 0 Å². The number of halogens is 1. The average Bonchev–Trinajstić information content (AvgIpc) is 2.62. The number of nitrogens with one attached hydrogen (secondary N) is 2. The number of hydrogen-bond acceptors (Lipinski definition) is 4. The molecule has 0 saturated carbocycles. The van der Waals surface area contributed by atoms with Gasteiger partial charge in [0.25, 0.3) is 5.91 Å². The van der Waals surface area contributed by atoms with Gasteiger partial charge in [-0.15, -0.1) is 0 Å². The molecule has 0 spiro atoms. The molecule has 1 atom stereocenters. The number of ether oxygens (including phenoxy) is 2. The zero-order valence-corrected chi connectivity index (χ0v) is 14.3. The SMILES string of the molecule is CC(NC(=O)c1ccc(Cl)cc1)C(=O)Nc1ccc2c(c1)OCCO2. The molecular weight excluding hydrogens is 344 g/mol. The Bertz CT molecular complexity index is 792. The third-order valence-electron chi connectivity index (χ3n) is 3.66. The van der Waals surface area contributed by atoms with Crippen molar-refractivity contribution in [3.05, 3.63) is 53.1 Å². The first kappa shape index (κ1) is 17.1. The van der Waals surface area contributed by atoms with Crippen LogP contribution in [0.1, 0.15) is 17.3 Å². The lowest BCUT2D eigenvalue weighted by atomic mass is 10.2. The molecule has 25 heavy (non-hydrogen) atoms. The van der Waals surface area contributed by atoms with E-state index in [2.05, 4.69) is 10.6 Å². The van der Waals surface area contributed by atoms with Gasteiger partial charge in [0, 0.05) is 22.3 Å². The van der Waals surface area contributed by atoms with E-state index >= 15 is 0 Å². The summed E-state index contributed by atoms with van der Waals surface area (Å²) < 4.78 is 10.9. The van der Waals surface area contributed by atoms with Gasteiger partial charge >= 0.3 is 0 Å². The van der Waals surface area contributed by atoms with Gasteiger partial charge in [0.2, 0.25) is 5.91 Å². The molecule has 0 aromatic heterocycles. The van der Waals surface area contributed by atoms with Crippen LogP contribution >= 0.6 is 11.6 Å². The molecule has 7 heteroatoms. The largest absolute Gasteiger partial charge is 0.486 e. The summed E-state index contributed by atoms with van der Waals surface area (Å²) in [6, 6.07) is 10.9. The van der Waals surface area contributed by atoms with Crippen LogP contribution in [0, 0.1) is 0 Å². The highest BCUT2D eigenvalue weighted by molar-refractivity contribution is 6.30. The Kier molecular flexibility index (Phi) is 5.09. The maximum Gasteiger partial charge on any atom is 0.251 e. The smallest absolute Gasteiger partial charge is 0.251 e. The van der Waals surface area contributed by atoms with E-state index in [-0.39, 0.29) is 11.8 Å². The normalized spacial score (nSPS) is 13.7. The van der Waals surface area contributed by atoms with E-state index in [1.807, 2.05) is 0 Å². The van der Waals surface area contributed by atoms with E-state index in [0.29, 0.717) is 41.0 Å². The minimum Gasteiger partial charge on any atom is -0.486 e. The first-order chi connectivity index (χ1) is 12.0. The minimum atomic E-state index is -0.712. The van der Waals surface area contributed by atoms with Crippen LogP contribution in [0.2, 0.25) is 5.02 Å². The van der Waals surface area contributed by atoms with Crippen LogP contribution < -0.4 is 20.1 Å². The van der Waals surface area contributed by atoms with Crippen LogP contribution in [-0.4, -0.2) is 31.1 Å². The first-order valence-corrected chi connectivity index (χ1v) is 8.17. The zero-order valence-electron chi connectivity index (χ0n) is 13.5. The van der Waals surface area contributed by atoms with Crippen LogP contribution in [0.3, 0.4) is 0 Å². The van der Waals surface area contributed by atoms with Gasteiger partial charge in [-0.3, -0.25) is 9.59 Å². The van der Waals surface area contributed by atoms with Crippen molar-refractivity contribution in [1.29, 1.82) is 0 Å². The minimum absolute atomic E-state index is 0.334. The molecule has 2 N–H and O–H groups in total. The van der Waals surface area contributed by atoms with Crippen molar-refractivity contribution in [3.63, 3.8) is 0 Å². The fourth-order valence-corrected chi connectivity index (χ4v) is 2.44. The van der Waals surface area contributed by atoms with E-state index < -0.39 is 6.04 Å². The third kappa shape index (κ3) is 4.22. The van der Waals surface area contributed by atoms with Crippen molar-refractivity contribution in [2.75, 3.05) is 18.5 Å².